The van der Waals surface area contributed by atoms with Gasteiger partial charge in [0.15, 0.2) is 0 Å². The van der Waals surface area contributed by atoms with E-state index in [1.165, 1.54) is 16.3 Å². The van der Waals surface area contributed by atoms with Crippen LogP contribution in [-0.4, -0.2) is 32.7 Å². The number of ether oxygens (including phenoxy) is 3. The van der Waals surface area contributed by atoms with E-state index in [9.17, 15) is 0 Å². The Kier molecular flexibility index (Phi) is 6.18. The van der Waals surface area contributed by atoms with Crippen LogP contribution in [0.15, 0.2) is 36.4 Å². The van der Waals surface area contributed by atoms with Crippen molar-refractivity contribution in [1.29, 1.82) is 0 Å². The van der Waals surface area contributed by atoms with Gasteiger partial charge in [-0.05, 0) is 49.2 Å². The van der Waals surface area contributed by atoms with Crippen LogP contribution >= 0.6 is 0 Å². The predicted molar refractivity (Wildman–Crippen MR) is 93.4 cm³/mol. The summed E-state index contributed by atoms with van der Waals surface area (Å²) in [5, 5.41) is 2.47. The van der Waals surface area contributed by atoms with Crippen molar-refractivity contribution in [3.63, 3.8) is 0 Å². The van der Waals surface area contributed by atoms with Gasteiger partial charge in [-0.25, -0.2) is 0 Å². The number of aryl methyl sites for hydroxylation is 1. The van der Waals surface area contributed by atoms with Crippen molar-refractivity contribution in [3.05, 3.63) is 47.5 Å². The molecule has 0 spiro atoms. The molecular weight excluding hydrogens is 288 g/mol. The molecule has 2 aromatic carbocycles. The second-order valence-corrected chi connectivity index (χ2v) is 5.93. The van der Waals surface area contributed by atoms with Crippen molar-refractivity contribution in [2.45, 2.75) is 26.4 Å². The third-order valence-electron chi connectivity index (χ3n) is 3.54. The van der Waals surface area contributed by atoms with Crippen LogP contribution in [0, 0.1) is 18.8 Å². The average Bonchev–Trinajstić information content (AvgIpc) is 2.53. The molecule has 0 N–H and O–H groups in total. The van der Waals surface area contributed by atoms with Crippen LogP contribution in [0.3, 0.4) is 0 Å². The van der Waals surface area contributed by atoms with Crippen molar-refractivity contribution < 1.29 is 14.2 Å². The molecule has 0 fully saturated rings. The third kappa shape index (κ3) is 5.37. The van der Waals surface area contributed by atoms with Gasteiger partial charge in [0.05, 0.1) is 13.2 Å². The van der Waals surface area contributed by atoms with Crippen molar-refractivity contribution in [2.24, 2.45) is 0 Å². The van der Waals surface area contributed by atoms with Crippen LogP contribution in [0.1, 0.15) is 25.0 Å². The molecule has 0 aliphatic heterocycles. The zero-order valence-corrected chi connectivity index (χ0v) is 14.3. The molecule has 0 saturated heterocycles. The van der Waals surface area contributed by atoms with Gasteiger partial charge in [-0.15, -0.1) is 0 Å². The van der Waals surface area contributed by atoms with Gasteiger partial charge in [0.2, 0.25) is 0 Å². The number of rotatable bonds is 6. The highest BCUT2D eigenvalue weighted by Gasteiger charge is 2.14. The molecule has 0 bridgehead atoms. The van der Waals surface area contributed by atoms with Crippen molar-refractivity contribution in [1.82, 2.24) is 0 Å². The minimum atomic E-state index is -0.562. The molecule has 2 aromatic rings. The summed E-state index contributed by atoms with van der Waals surface area (Å²) in [6.07, 6.45) is 0. The fourth-order valence-corrected chi connectivity index (χ4v) is 2.16. The summed E-state index contributed by atoms with van der Waals surface area (Å²) in [4.78, 5) is 0. The van der Waals surface area contributed by atoms with Gasteiger partial charge >= 0.3 is 0 Å². The highest BCUT2D eigenvalue weighted by Crippen LogP contribution is 2.19. The van der Waals surface area contributed by atoms with Crippen LogP contribution in [0.5, 0.6) is 0 Å². The number of hydrogen-bond acceptors (Lipinski definition) is 3. The first-order chi connectivity index (χ1) is 11.0. The monoisotopic (exact) mass is 312 g/mol. The summed E-state index contributed by atoms with van der Waals surface area (Å²) >= 11 is 0. The quantitative estimate of drug-likeness (QED) is 0.460. The molecule has 0 aliphatic carbocycles. The Morgan fingerprint density at radius 3 is 2.70 bits per heavy atom. The molecule has 122 valence electrons. The molecule has 2 rings (SSSR count). The van der Waals surface area contributed by atoms with Gasteiger partial charge in [-0.3, -0.25) is 0 Å². The summed E-state index contributed by atoms with van der Waals surface area (Å²) < 4.78 is 15.9. The Morgan fingerprint density at radius 2 is 1.91 bits per heavy atom. The topological polar surface area (TPSA) is 27.7 Å². The maximum atomic E-state index is 5.66. The molecule has 0 saturated carbocycles. The van der Waals surface area contributed by atoms with E-state index >= 15 is 0 Å². The largest absolute Gasteiger partial charge is 0.382 e. The smallest absolute Gasteiger partial charge is 0.148 e. The lowest BCUT2D eigenvalue weighted by atomic mass is 10.0. The van der Waals surface area contributed by atoms with Gasteiger partial charge in [0.25, 0.3) is 0 Å². The standard InChI is InChI=1S/C20H24O3/c1-16-6-5-7-18-9-8-17(14-19(16)18)10-11-20(2,3)23-15-22-13-12-21-4/h5-9,14H,12-13,15H2,1-4H3. The maximum Gasteiger partial charge on any atom is 0.148 e. The lowest BCUT2D eigenvalue weighted by Crippen LogP contribution is -2.24. The van der Waals surface area contributed by atoms with Crippen LogP contribution in [-0.2, 0) is 14.2 Å². The second-order valence-electron chi connectivity index (χ2n) is 5.93. The molecule has 0 atom stereocenters. The normalized spacial score (nSPS) is 11.3. The van der Waals surface area contributed by atoms with Crippen molar-refractivity contribution >= 4 is 10.8 Å². The Bertz CT molecular complexity index is 708. The molecule has 3 nitrogen and oxygen atoms in total. The van der Waals surface area contributed by atoms with Gasteiger partial charge < -0.3 is 14.2 Å². The molecule has 0 radical (unpaired) electrons. The fraction of sp³-hybridized carbons (Fsp3) is 0.400. The van der Waals surface area contributed by atoms with E-state index in [2.05, 4.69) is 49.1 Å². The molecule has 23 heavy (non-hydrogen) atoms. The van der Waals surface area contributed by atoms with E-state index in [1.54, 1.807) is 7.11 Å². The second kappa shape index (κ2) is 8.12. The minimum Gasteiger partial charge on any atom is -0.382 e. The van der Waals surface area contributed by atoms with Crippen molar-refractivity contribution in [3.8, 4) is 11.8 Å². The van der Waals surface area contributed by atoms with Gasteiger partial charge in [-0.1, -0.05) is 36.1 Å². The number of benzene rings is 2. The van der Waals surface area contributed by atoms with Gasteiger partial charge in [-0.2, -0.15) is 0 Å². The van der Waals surface area contributed by atoms with Gasteiger partial charge in [0.1, 0.15) is 12.4 Å². The average molecular weight is 312 g/mol. The van der Waals surface area contributed by atoms with Crippen LogP contribution < -0.4 is 0 Å². The maximum absolute atomic E-state index is 5.66. The summed E-state index contributed by atoms with van der Waals surface area (Å²) in [6.45, 7) is 7.28. The van der Waals surface area contributed by atoms with E-state index in [1.807, 2.05) is 19.9 Å². The Balaban J connectivity index is 2.03. The molecule has 0 amide bonds. The number of methoxy groups -OCH3 is 1. The summed E-state index contributed by atoms with van der Waals surface area (Å²) in [5.74, 6) is 6.37. The molecule has 0 aliphatic rings. The lowest BCUT2D eigenvalue weighted by molar-refractivity contribution is -0.111. The minimum absolute atomic E-state index is 0.210. The van der Waals surface area contributed by atoms with E-state index in [4.69, 9.17) is 14.2 Å². The van der Waals surface area contributed by atoms with E-state index < -0.39 is 5.60 Å². The number of hydrogen-bond donors (Lipinski definition) is 0. The Hall–Kier alpha value is -1.86. The van der Waals surface area contributed by atoms with E-state index in [0.29, 0.717) is 13.2 Å². The highest BCUT2D eigenvalue weighted by atomic mass is 16.7. The molecule has 0 unspecified atom stereocenters. The lowest BCUT2D eigenvalue weighted by Gasteiger charge is -2.18. The fourth-order valence-electron chi connectivity index (χ4n) is 2.16. The Morgan fingerprint density at radius 1 is 1.09 bits per heavy atom. The summed E-state index contributed by atoms with van der Waals surface area (Å²) in [7, 11) is 1.64. The van der Waals surface area contributed by atoms with Crippen molar-refractivity contribution in [2.75, 3.05) is 27.1 Å². The molecular formula is C20H24O3. The van der Waals surface area contributed by atoms with Gasteiger partial charge in [0, 0.05) is 12.7 Å². The third-order valence-corrected chi connectivity index (χ3v) is 3.54. The first-order valence-electron chi connectivity index (χ1n) is 7.75. The highest BCUT2D eigenvalue weighted by molar-refractivity contribution is 5.86. The predicted octanol–water partition coefficient (Wildman–Crippen LogP) is 3.92. The van der Waals surface area contributed by atoms with E-state index in [0.717, 1.165) is 5.56 Å². The SMILES string of the molecule is COCCOCOC(C)(C)C#Cc1ccc2cccc(C)c2c1. The Labute approximate surface area is 138 Å². The van der Waals surface area contributed by atoms with Crippen LogP contribution in [0.2, 0.25) is 0 Å². The number of fused-ring (bicyclic) bond motifs is 1. The first kappa shape index (κ1) is 17.5. The first-order valence-corrected chi connectivity index (χ1v) is 7.75. The summed E-state index contributed by atoms with van der Waals surface area (Å²) in [6, 6.07) is 12.6. The zero-order valence-electron chi connectivity index (χ0n) is 14.3. The van der Waals surface area contributed by atoms with Crippen LogP contribution in [0.25, 0.3) is 10.8 Å². The van der Waals surface area contributed by atoms with E-state index in [-0.39, 0.29) is 6.79 Å². The molecule has 0 aromatic heterocycles. The zero-order chi connectivity index (χ0) is 16.7. The van der Waals surface area contributed by atoms with Crippen LogP contribution in [0.4, 0.5) is 0 Å². The molecule has 0 heterocycles. The summed E-state index contributed by atoms with van der Waals surface area (Å²) in [5.41, 5.74) is 1.69. The molecule has 3 heteroatoms.